The van der Waals surface area contributed by atoms with Crippen LogP contribution in [0.25, 0.3) is 0 Å². The maximum atomic E-state index is 11.9. The van der Waals surface area contributed by atoms with Gasteiger partial charge in [0.1, 0.15) is 18.2 Å². The highest BCUT2D eigenvalue weighted by atomic mass is 16.5. The van der Waals surface area contributed by atoms with Gasteiger partial charge in [0, 0.05) is 5.56 Å². The number of ether oxygens (including phenoxy) is 2. The molecular formula is C18H28NO3+. The summed E-state index contributed by atoms with van der Waals surface area (Å²) < 4.78 is 10.6. The molecule has 1 heterocycles. The van der Waals surface area contributed by atoms with Crippen LogP contribution in [0.5, 0.6) is 5.75 Å². The number of carbonyl (C=O) groups is 1. The molecule has 1 unspecified atom stereocenters. The topological polar surface area (TPSA) is 40.0 Å². The molecule has 2 atom stereocenters. The van der Waals surface area contributed by atoms with E-state index in [9.17, 15) is 4.79 Å². The first kappa shape index (κ1) is 16.8. The smallest absolute Gasteiger partial charge is 0.314 e. The van der Waals surface area contributed by atoms with Crippen molar-refractivity contribution in [1.82, 2.24) is 0 Å². The second kappa shape index (κ2) is 7.63. The highest BCUT2D eigenvalue weighted by molar-refractivity contribution is 5.72. The van der Waals surface area contributed by atoms with E-state index in [2.05, 4.69) is 19.9 Å². The number of hydrogen-bond donors (Lipinski definition) is 1. The monoisotopic (exact) mass is 306 g/mol. The Morgan fingerprint density at radius 2 is 2.09 bits per heavy atom. The van der Waals surface area contributed by atoms with Gasteiger partial charge in [0.2, 0.25) is 0 Å². The molecule has 4 heteroatoms. The normalized spacial score (nSPS) is 21.5. The van der Waals surface area contributed by atoms with Crippen molar-refractivity contribution in [3.05, 3.63) is 28.8 Å². The molecule has 0 saturated carbocycles. The van der Waals surface area contributed by atoms with E-state index in [0.29, 0.717) is 6.61 Å². The molecule has 0 bridgehead atoms. The van der Waals surface area contributed by atoms with E-state index in [-0.39, 0.29) is 11.9 Å². The van der Waals surface area contributed by atoms with Crippen LogP contribution in [0.3, 0.4) is 0 Å². The number of carbonyl (C=O) groups excluding carboxylic acids is 1. The first-order chi connectivity index (χ1) is 10.6. The lowest BCUT2D eigenvalue weighted by molar-refractivity contribution is -0.921. The van der Waals surface area contributed by atoms with Gasteiger partial charge in [-0.05, 0) is 56.9 Å². The zero-order valence-corrected chi connectivity index (χ0v) is 14.2. The SMILES string of the molecule is CCOC(=O)[C@@H]1CCC[NH+](Cc2ccc(OC)c(C)c2C)C1. The molecule has 0 radical (unpaired) electrons. The zero-order chi connectivity index (χ0) is 16.1. The molecule has 1 fully saturated rings. The van der Waals surface area contributed by atoms with Gasteiger partial charge in [0.05, 0.1) is 26.8 Å². The predicted octanol–water partition coefficient (Wildman–Crippen LogP) is 1.67. The largest absolute Gasteiger partial charge is 0.496 e. The Kier molecular flexibility index (Phi) is 5.83. The standard InChI is InChI=1S/C18H27NO3/c1-5-22-18(20)16-7-6-10-19(12-16)11-15-8-9-17(21-4)14(3)13(15)2/h8-9,16H,5-7,10-12H2,1-4H3/p+1/t16-/m1/s1. The van der Waals surface area contributed by atoms with E-state index in [4.69, 9.17) is 9.47 Å². The van der Waals surface area contributed by atoms with Crippen LogP contribution in [0.15, 0.2) is 12.1 Å². The number of nitrogens with one attached hydrogen (secondary N) is 1. The number of piperidine rings is 1. The minimum absolute atomic E-state index is 0.0256. The van der Waals surface area contributed by atoms with Gasteiger partial charge in [0.15, 0.2) is 0 Å². The molecule has 0 spiro atoms. The maximum Gasteiger partial charge on any atom is 0.314 e. The van der Waals surface area contributed by atoms with Gasteiger partial charge in [-0.25, -0.2) is 0 Å². The third-order valence-corrected chi connectivity index (χ3v) is 4.75. The molecule has 1 aromatic rings. The lowest BCUT2D eigenvalue weighted by Gasteiger charge is -2.29. The molecule has 1 N–H and O–H groups in total. The van der Waals surface area contributed by atoms with Crippen LogP contribution in [0.1, 0.15) is 36.5 Å². The Bertz CT molecular complexity index is 527. The lowest BCUT2D eigenvalue weighted by atomic mass is 9.96. The van der Waals surface area contributed by atoms with Gasteiger partial charge < -0.3 is 14.4 Å². The molecule has 122 valence electrons. The Hall–Kier alpha value is -1.55. The predicted molar refractivity (Wildman–Crippen MR) is 86.2 cm³/mol. The number of methoxy groups -OCH3 is 1. The number of rotatable bonds is 5. The summed E-state index contributed by atoms with van der Waals surface area (Å²) >= 11 is 0. The molecule has 2 rings (SSSR count). The first-order valence-corrected chi connectivity index (χ1v) is 8.20. The second-order valence-electron chi connectivity index (χ2n) is 6.15. The number of benzene rings is 1. The van der Waals surface area contributed by atoms with E-state index in [1.165, 1.54) is 21.6 Å². The Morgan fingerprint density at radius 3 is 2.77 bits per heavy atom. The number of hydrogen-bond acceptors (Lipinski definition) is 3. The number of esters is 1. The van der Waals surface area contributed by atoms with Gasteiger partial charge in [-0.2, -0.15) is 0 Å². The summed E-state index contributed by atoms with van der Waals surface area (Å²) in [4.78, 5) is 13.4. The Morgan fingerprint density at radius 1 is 1.32 bits per heavy atom. The van der Waals surface area contributed by atoms with Gasteiger partial charge in [-0.1, -0.05) is 0 Å². The van der Waals surface area contributed by atoms with Crippen molar-refractivity contribution in [2.24, 2.45) is 5.92 Å². The molecule has 0 amide bonds. The summed E-state index contributed by atoms with van der Waals surface area (Å²) in [6, 6.07) is 4.20. The van der Waals surface area contributed by atoms with Gasteiger partial charge in [0.25, 0.3) is 0 Å². The molecule has 1 aromatic carbocycles. The van der Waals surface area contributed by atoms with Crippen molar-refractivity contribution in [3.63, 3.8) is 0 Å². The Labute approximate surface area is 133 Å². The average Bonchev–Trinajstić information content (AvgIpc) is 2.53. The van der Waals surface area contributed by atoms with Crippen LogP contribution in [0.2, 0.25) is 0 Å². The summed E-state index contributed by atoms with van der Waals surface area (Å²) in [7, 11) is 1.71. The molecule has 22 heavy (non-hydrogen) atoms. The summed E-state index contributed by atoms with van der Waals surface area (Å²) in [5, 5.41) is 0. The van der Waals surface area contributed by atoms with Crippen LogP contribution in [-0.2, 0) is 16.1 Å². The fraction of sp³-hybridized carbons (Fsp3) is 0.611. The number of quaternary nitrogens is 1. The molecule has 1 saturated heterocycles. The van der Waals surface area contributed by atoms with E-state index in [1.54, 1.807) is 7.11 Å². The fourth-order valence-electron chi connectivity index (χ4n) is 3.31. The van der Waals surface area contributed by atoms with Crippen LogP contribution in [0, 0.1) is 19.8 Å². The molecule has 4 nitrogen and oxygen atoms in total. The molecule has 1 aliphatic heterocycles. The van der Waals surface area contributed by atoms with Crippen molar-refractivity contribution in [1.29, 1.82) is 0 Å². The van der Waals surface area contributed by atoms with Crippen LogP contribution in [0.4, 0.5) is 0 Å². The summed E-state index contributed by atoms with van der Waals surface area (Å²) in [5.41, 5.74) is 3.85. The van der Waals surface area contributed by atoms with Gasteiger partial charge in [-0.15, -0.1) is 0 Å². The lowest BCUT2D eigenvalue weighted by Crippen LogP contribution is -3.12. The van der Waals surface area contributed by atoms with E-state index >= 15 is 0 Å². The van der Waals surface area contributed by atoms with E-state index in [1.807, 2.05) is 13.0 Å². The van der Waals surface area contributed by atoms with Crippen LogP contribution in [-0.4, -0.2) is 32.8 Å². The van der Waals surface area contributed by atoms with Gasteiger partial charge in [-0.3, -0.25) is 4.79 Å². The number of likely N-dealkylation sites (tertiary alicyclic amines) is 1. The maximum absolute atomic E-state index is 11.9. The minimum Gasteiger partial charge on any atom is -0.496 e. The molecule has 0 aliphatic carbocycles. The average molecular weight is 306 g/mol. The molecular weight excluding hydrogens is 278 g/mol. The van der Waals surface area contributed by atoms with Crippen molar-refractivity contribution < 1.29 is 19.2 Å². The van der Waals surface area contributed by atoms with Crippen molar-refractivity contribution in [3.8, 4) is 5.75 Å². The molecule has 0 aromatic heterocycles. The minimum atomic E-state index is -0.0256. The first-order valence-electron chi connectivity index (χ1n) is 8.20. The van der Waals surface area contributed by atoms with Crippen LogP contribution < -0.4 is 9.64 Å². The van der Waals surface area contributed by atoms with Crippen molar-refractivity contribution >= 4 is 5.97 Å². The highest BCUT2D eigenvalue weighted by Gasteiger charge is 2.30. The third kappa shape index (κ3) is 3.80. The Balaban J connectivity index is 2.04. The zero-order valence-electron chi connectivity index (χ0n) is 14.2. The quantitative estimate of drug-likeness (QED) is 0.841. The van der Waals surface area contributed by atoms with Gasteiger partial charge >= 0.3 is 5.97 Å². The summed E-state index contributed by atoms with van der Waals surface area (Å²) in [6.45, 7) is 9.57. The van der Waals surface area contributed by atoms with E-state index < -0.39 is 0 Å². The summed E-state index contributed by atoms with van der Waals surface area (Å²) in [5.74, 6) is 0.977. The second-order valence-corrected chi connectivity index (χ2v) is 6.15. The summed E-state index contributed by atoms with van der Waals surface area (Å²) in [6.07, 6.45) is 2.05. The van der Waals surface area contributed by atoms with Crippen molar-refractivity contribution in [2.45, 2.75) is 40.2 Å². The molecule has 1 aliphatic rings. The van der Waals surface area contributed by atoms with Crippen LogP contribution >= 0.6 is 0 Å². The highest BCUT2D eigenvalue weighted by Crippen LogP contribution is 2.23. The fourth-order valence-corrected chi connectivity index (χ4v) is 3.31. The van der Waals surface area contributed by atoms with Crippen molar-refractivity contribution in [2.75, 3.05) is 26.8 Å². The third-order valence-electron chi connectivity index (χ3n) is 4.75. The van der Waals surface area contributed by atoms with E-state index in [0.717, 1.165) is 38.2 Å².